The second-order valence-corrected chi connectivity index (χ2v) is 5.33. The Bertz CT molecular complexity index is 804. The van der Waals surface area contributed by atoms with Crippen molar-refractivity contribution >= 4 is 27.2 Å². The Hall–Kier alpha value is -2.02. The SMILES string of the molecule is Cc1nn(C)c(CC(=O)c2cnn3ccncc23)c1Br. The molecule has 0 bridgehead atoms. The number of carbonyl (C=O) groups is 1. The molecule has 102 valence electrons. The lowest BCUT2D eigenvalue weighted by Crippen LogP contribution is -2.08. The minimum absolute atomic E-state index is 0.00306. The quantitative estimate of drug-likeness (QED) is 0.687. The monoisotopic (exact) mass is 333 g/mol. The number of carbonyl (C=O) groups excluding carboxylic acids is 1. The van der Waals surface area contributed by atoms with Gasteiger partial charge in [0.1, 0.15) is 0 Å². The van der Waals surface area contributed by atoms with Crippen LogP contribution in [0.25, 0.3) is 5.52 Å². The number of fused-ring (bicyclic) bond motifs is 1. The molecular formula is C13H12BrN5O. The maximum absolute atomic E-state index is 12.5. The van der Waals surface area contributed by atoms with Crippen LogP contribution >= 0.6 is 15.9 Å². The Labute approximate surface area is 123 Å². The summed E-state index contributed by atoms with van der Waals surface area (Å²) in [5, 5.41) is 8.44. The van der Waals surface area contributed by atoms with Crippen LogP contribution in [0.2, 0.25) is 0 Å². The van der Waals surface area contributed by atoms with Gasteiger partial charge in [-0.05, 0) is 22.9 Å². The summed E-state index contributed by atoms with van der Waals surface area (Å²) in [6, 6.07) is 0. The van der Waals surface area contributed by atoms with E-state index in [0.29, 0.717) is 11.1 Å². The summed E-state index contributed by atoms with van der Waals surface area (Å²) < 4.78 is 4.24. The molecule has 3 heterocycles. The topological polar surface area (TPSA) is 65.1 Å². The number of rotatable bonds is 3. The summed E-state index contributed by atoms with van der Waals surface area (Å²) in [6.45, 7) is 1.90. The molecule has 6 nitrogen and oxygen atoms in total. The number of halogens is 1. The Morgan fingerprint density at radius 3 is 2.90 bits per heavy atom. The number of hydrogen-bond donors (Lipinski definition) is 0. The van der Waals surface area contributed by atoms with Crippen LogP contribution in [0, 0.1) is 6.92 Å². The summed E-state index contributed by atoms with van der Waals surface area (Å²) in [5.74, 6) is -0.00306. The number of nitrogens with zero attached hydrogens (tertiary/aromatic N) is 5. The lowest BCUT2D eigenvalue weighted by molar-refractivity contribution is 0.0992. The average Bonchev–Trinajstić information content (AvgIpc) is 2.96. The Morgan fingerprint density at radius 1 is 1.40 bits per heavy atom. The predicted molar refractivity (Wildman–Crippen MR) is 76.7 cm³/mol. The van der Waals surface area contributed by atoms with Crippen LogP contribution in [0.1, 0.15) is 21.7 Å². The van der Waals surface area contributed by atoms with Crippen molar-refractivity contribution in [2.24, 2.45) is 7.05 Å². The van der Waals surface area contributed by atoms with Crippen LogP contribution in [-0.2, 0) is 13.5 Å². The Balaban J connectivity index is 1.97. The van der Waals surface area contributed by atoms with Crippen LogP contribution < -0.4 is 0 Å². The number of ketones is 1. The van der Waals surface area contributed by atoms with Gasteiger partial charge >= 0.3 is 0 Å². The van der Waals surface area contributed by atoms with Crippen molar-refractivity contribution in [1.29, 1.82) is 0 Å². The highest BCUT2D eigenvalue weighted by molar-refractivity contribution is 9.10. The van der Waals surface area contributed by atoms with Crippen LogP contribution in [-0.4, -0.2) is 30.2 Å². The van der Waals surface area contributed by atoms with E-state index in [9.17, 15) is 4.79 Å². The van der Waals surface area contributed by atoms with Crippen molar-refractivity contribution in [3.63, 3.8) is 0 Å². The smallest absolute Gasteiger partial charge is 0.172 e. The third-order valence-corrected chi connectivity index (χ3v) is 4.25. The zero-order valence-corrected chi connectivity index (χ0v) is 12.6. The molecular weight excluding hydrogens is 322 g/mol. The van der Waals surface area contributed by atoms with Crippen molar-refractivity contribution in [3.05, 3.63) is 46.2 Å². The van der Waals surface area contributed by atoms with E-state index >= 15 is 0 Å². The van der Waals surface area contributed by atoms with Crippen molar-refractivity contribution < 1.29 is 4.79 Å². The second-order valence-electron chi connectivity index (χ2n) is 4.53. The van der Waals surface area contributed by atoms with E-state index < -0.39 is 0 Å². The van der Waals surface area contributed by atoms with Crippen LogP contribution in [0.3, 0.4) is 0 Å². The summed E-state index contributed by atoms with van der Waals surface area (Å²) >= 11 is 3.47. The molecule has 0 aromatic carbocycles. The molecule has 0 saturated carbocycles. The molecule has 0 saturated heterocycles. The van der Waals surface area contributed by atoms with Gasteiger partial charge in [-0.3, -0.25) is 14.5 Å². The Morgan fingerprint density at radius 2 is 2.20 bits per heavy atom. The van der Waals surface area contributed by atoms with Gasteiger partial charge in [0.2, 0.25) is 0 Å². The molecule has 0 aliphatic carbocycles. The zero-order chi connectivity index (χ0) is 14.3. The maximum atomic E-state index is 12.5. The fraction of sp³-hybridized carbons (Fsp3) is 0.231. The predicted octanol–water partition coefficient (Wildman–Crippen LogP) is 1.96. The highest BCUT2D eigenvalue weighted by Gasteiger charge is 2.18. The van der Waals surface area contributed by atoms with Crippen LogP contribution in [0.5, 0.6) is 0 Å². The maximum Gasteiger partial charge on any atom is 0.172 e. The van der Waals surface area contributed by atoms with Gasteiger partial charge in [0.15, 0.2) is 5.78 Å². The molecule has 0 fully saturated rings. The fourth-order valence-corrected chi connectivity index (χ4v) is 2.64. The second kappa shape index (κ2) is 4.82. The molecule has 0 amide bonds. The average molecular weight is 334 g/mol. The Kier molecular flexibility index (Phi) is 3.13. The highest BCUT2D eigenvalue weighted by atomic mass is 79.9. The zero-order valence-electron chi connectivity index (χ0n) is 11.0. The summed E-state index contributed by atoms with van der Waals surface area (Å²) in [4.78, 5) is 16.5. The molecule has 0 spiro atoms. The van der Waals surface area contributed by atoms with Crippen molar-refractivity contribution in [3.8, 4) is 0 Å². The summed E-state index contributed by atoms with van der Waals surface area (Å²) in [5.41, 5.74) is 3.02. The lowest BCUT2D eigenvalue weighted by Gasteiger charge is -2.02. The van der Waals surface area contributed by atoms with Crippen molar-refractivity contribution in [2.45, 2.75) is 13.3 Å². The van der Waals surface area contributed by atoms with Crippen molar-refractivity contribution in [2.75, 3.05) is 0 Å². The van der Waals surface area contributed by atoms with E-state index in [1.54, 1.807) is 34.0 Å². The van der Waals surface area contributed by atoms with Crippen LogP contribution in [0.15, 0.2) is 29.3 Å². The first-order valence-electron chi connectivity index (χ1n) is 6.06. The number of Topliss-reactive ketones (excluding diaryl/α,β-unsaturated/α-hetero) is 1. The van der Waals surface area contributed by atoms with E-state index in [-0.39, 0.29) is 12.2 Å². The molecule has 7 heteroatoms. The van der Waals surface area contributed by atoms with Gasteiger partial charge in [-0.1, -0.05) is 0 Å². The van der Waals surface area contributed by atoms with Gasteiger partial charge in [-0.15, -0.1) is 0 Å². The number of hydrogen-bond acceptors (Lipinski definition) is 4. The molecule has 3 aromatic heterocycles. The standard InChI is InChI=1S/C13H12BrN5O/c1-8-13(14)10(18(2)17-8)5-12(20)9-6-16-19-4-3-15-7-11(9)19/h3-4,6-7H,5H2,1-2H3. The van der Waals surface area contributed by atoms with E-state index in [4.69, 9.17) is 0 Å². The first-order valence-corrected chi connectivity index (χ1v) is 6.85. The van der Waals surface area contributed by atoms with Gasteiger partial charge in [0.05, 0.1) is 45.8 Å². The third-order valence-electron chi connectivity index (χ3n) is 3.21. The molecule has 20 heavy (non-hydrogen) atoms. The van der Waals surface area contributed by atoms with Gasteiger partial charge in [0, 0.05) is 19.4 Å². The van der Waals surface area contributed by atoms with E-state index in [2.05, 4.69) is 31.1 Å². The van der Waals surface area contributed by atoms with E-state index in [1.807, 2.05) is 14.0 Å². The largest absolute Gasteiger partial charge is 0.294 e. The van der Waals surface area contributed by atoms with E-state index in [0.717, 1.165) is 15.9 Å². The fourth-order valence-electron chi connectivity index (χ4n) is 2.17. The molecule has 0 N–H and O–H groups in total. The normalized spacial score (nSPS) is 11.2. The molecule has 0 radical (unpaired) electrons. The van der Waals surface area contributed by atoms with Gasteiger partial charge in [-0.25, -0.2) is 4.52 Å². The third kappa shape index (κ3) is 2.03. The summed E-state index contributed by atoms with van der Waals surface area (Å²) in [6.07, 6.45) is 6.85. The van der Waals surface area contributed by atoms with E-state index in [1.165, 1.54) is 0 Å². The van der Waals surface area contributed by atoms with Gasteiger partial charge in [0.25, 0.3) is 0 Å². The molecule has 0 unspecified atom stereocenters. The summed E-state index contributed by atoms with van der Waals surface area (Å²) in [7, 11) is 1.83. The minimum atomic E-state index is -0.00306. The molecule has 3 rings (SSSR count). The lowest BCUT2D eigenvalue weighted by atomic mass is 10.1. The highest BCUT2D eigenvalue weighted by Crippen LogP contribution is 2.22. The van der Waals surface area contributed by atoms with Gasteiger partial charge in [-0.2, -0.15) is 10.2 Å². The van der Waals surface area contributed by atoms with Gasteiger partial charge < -0.3 is 0 Å². The molecule has 0 aliphatic heterocycles. The number of aryl methyl sites for hydroxylation is 2. The minimum Gasteiger partial charge on any atom is -0.294 e. The first-order chi connectivity index (χ1) is 9.58. The first kappa shape index (κ1) is 13.0. The number of aromatic nitrogens is 5. The molecule has 3 aromatic rings. The molecule has 0 aliphatic rings. The molecule has 0 atom stereocenters. The van der Waals surface area contributed by atoms with Crippen molar-refractivity contribution in [1.82, 2.24) is 24.4 Å². The van der Waals surface area contributed by atoms with Crippen LogP contribution in [0.4, 0.5) is 0 Å².